The fourth-order valence-electron chi connectivity index (χ4n) is 4.17. The SMILES string of the molecule is Nc1cc(S(=O)(=O)O)c2[nH]c(=O)c(C(=O)c3ccccc3)c3c2c1C(=O)c1ccccc1-3. The minimum absolute atomic E-state index is 0.000191. The van der Waals surface area contributed by atoms with Gasteiger partial charge in [0.1, 0.15) is 4.90 Å². The monoisotopic (exact) mass is 446 g/mol. The van der Waals surface area contributed by atoms with E-state index in [1.54, 1.807) is 54.6 Å². The van der Waals surface area contributed by atoms with E-state index in [9.17, 15) is 27.4 Å². The molecule has 0 aliphatic heterocycles. The number of nitrogen functional groups attached to an aromatic ring is 1. The molecule has 0 bridgehead atoms. The maximum Gasteiger partial charge on any atom is 0.296 e. The van der Waals surface area contributed by atoms with Gasteiger partial charge in [-0.25, -0.2) is 0 Å². The first-order chi connectivity index (χ1) is 15.2. The van der Waals surface area contributed by atoms with Crippen molar-refractivity contribution in [2.75, 3.05) is 5.73 Å². The Labute approximate surface area is 181 Å². The van der Waals surface area contributed by atoms with Crippen molar-refractivity contribution >= 4 is 38.3 Å². The predicted molar refractivity (Wildman–Crippen MR) is 118 cm³/mol. The zero-order chi connectivity index (χ0) is 22.8. The first-order valence-corrected chi connectivity index (χ1v) is 10.9. The van der Waals surface area contributed by atoms with Crippen molar-refractivity contribution in [2.24, 2.45) is 0 Å². The zero-order valence-electron chi connectivity index (χ0n) is 16.2. The average molecular weight is 446 g/mol. The molecule has 32 heavy (non-hydrogen) atoms. The number of benzene rings is 3. The molecule has 158 valence electrons. The summed E-state index contributed by atoms with van der Waals surface area (Å²) in [6.07, 6.45) is 0. The quantitative estimate of drug-likeness (QED) is 0.219. The summed E-state index contributed by atoms with van der Waals surface area (Å²) in [4.78, 5) is 41.5. The molecule has 4 N–H and O–H groups in total. The zero-order valence-corrected chi connectivity index (χ0v) is 17.1. The van der Waals surface area contributed by atoms with Crippen molar-refractivity contribution in [3.63, 3.8) is 0 Å². The Kier molecular flexibility index (Phi) is 4.16. The van der Waals surface area contributed by atoms with E-state index in [1.165, 1.54) is 0 Å². The summed E-state index contributed by atoms with van der Waals surface area (Å²) in [5.74, 6) is -1.09. The summed E-state index contributed by atoms with van der Waals surface area (Å²) in [6.45, 7) is 0. The van der Waals surface area contributed by atoms with Crippen molar-refractivity contribution in [1.29, 1.82) is 0 Å². The lowest BCUT2D eigenvalue weighted by atomic mass is 9.80. The van der Waals surface area contributed by atoms with E-state index in [4.69, 9.17) is 5.73 Å². The van der Waals surface area contributed by atoms with E-state index >= 15 is 0 Å². The Morgan fingerprint density at radius 2 is 1.53 bits per heavy atom. The Bertz CT molecular complexity index is 1650. The van der Waals surface area contributed by atoms with E-state index in [1.807, 2.05) is 0 Å². The summed E-state index contributed by atoms with van der Waals surface area (Å²) in [5, 5.41) is 0.000191. The predicted octanol–water partition coefficient (Wildman–Crippen LogP) is 2.80. The fourth-order valence-corrected chi connectivity index (χ4v) is 4.86. The molecule has 0 atom stereocenters. The molecule has 1 aliphatic carbocycles. The van der Waals surface area contributed by atoms with Crippen LogP contribution in [0.4, 0.5) is 5.69 Å². The third kappa shape index (κ3) is 2.72. The van der Waals surface area contributed by atoms with Gasteiger partial charge in [-0.2, -0.15) is 8.42 Å². The summed E-state index contributed by atoms with van der Waals surface area (Å²) < 4.78 is 33.8. The van der Waals surface area contributed by atoms with E-state index in [-0.39, 0.29) is 44.4 Å². The van der Waals surface area contributed by atoms with Crippen molar-refractivity contribution < 1.29 is 22.6 Å². The summed E-state index contributed by atoms with van der Waals surface area (Å²) in [6, 6.07) is 15.4. The normalized spacial score (nSPS) is 12.6. The molecular weight excluding hydrogens is 432 g/mol. The number of H-pyrrole nitrogens is 1. The van der Waals surface area contributed by atoms with Crippen LogP contribution in [0.5, 0.6) is 0 Å². The highest BCUT2D eigenvalue weighted by Gasteiger charge is 2.35. The Morgan fingerprint density at radius 3 is 2.19 bits per heavy atom. The van der Waals surface area contributed by atoms with Gasteiger partial charge in [-0.15, -0.1) is 0 Å². The molecule has 8 nitrogen and oxygen atoms in total. The van der Waals surface area contributed by atoms with E-state index in [0.29, 0.717) is 5.56 Å². The number of aromatic nitrogens is 1. The lowest BCUT2D eigenvalue weighted by Crippen LogP contribution is -2.25. The fraction of sp³-hybridized carbons (Fsp3) is 0. The minimum atomic E-state index is -4.81. The molecule has 0 saturated heterocycles. The van der Waals surface area contributed by atoms with Crippen LogP contribution >= 0.6 is 0 Å². The number of nitrogens with two attached hydrogens (primary N) is 1. The van der Waals surface area contributed by atoms with Gasteiger partial charge in [0.2, 0.25) is 0 Å². The van der Waals surface area contributed by atoms with Gasteiger partial charge in [0.15, 0.2) is 11.6 Å². The number of hydrogen-bond acceptors (Lipinski definition) is 6. The highest BCUT2D eigenvalue weighted by Crippen LogP contribution is 2.44. The van der Waals surface area contributed by atoms with E-state index in [2.05, 4.69) is 4.98 Å². The maximum atomic E-state index is 13.4. The lowest BCUT2D eigenvalue weighted by molar-refractivity contribution is 0.102. The van der Waals surface area contributed by atoms with Gasteiger partial charge in [-0.3, -0.25) is 18.9 Å². The number of rotatable bonds is 3. The Morgan fingerprint density at radius 1 is 0.906 bits per heavy atom. The number of carbonyl (C=O) groups excluding carboxylic acids is 2. The van der Waals surface area contributed by atoms with Gasteiger partial charge in [0.05, 0.1) is 16.6 Å². The summed E-state index contributed by atoms with van der Waals surface area (Å²) in [5.41, 5.74) is 5.27. The van der Waals surface area contributed by atoms with E-state index < -0.39 is 32.1 Å². The van der Waals surface area contributed by atoms with Crippen LogP contribution in [-0.4, -0.2) is 29.5 Å². The van der Waals surface area contributed by atoms with Gasteiger partial charge in [0.25, 0.3) is 15.7 Å². The topological polar surface area (TPSA) is 147 Å². The Hall–Kier alpha value is -4.08. The first kappa shape index (κ1) is 19.9. The van der Waals surface area contributed by atoms with Crippen LogP contribution in [0.2, 0.25) is 0 Å². The molecule has 1 heterocycles. The van der Waals surface area contributed by atoms with Crippen LogP contribution in [0.1, 0.15) is 31.8 Å². The lowest BCUT2D eigenvalue weighted by Gasteiger charge is -2.23. The van der Waals surface area contributed by atoms with Crippen molar-refractivity contribution in [1.82, 2.24) is 4.98 Å². The smallest absolute Gasteiger partial charge is 0.296 e. The third-order valence-corrected chi connectivity index (χ3v) is 6.37. The minimum Gasteiger partial charge on any atom is -0.398 e. The second kappa shape index (κ2) is 6.71. The van der Waals surface area contributed by atoms with Crippen LogP contribution in [-0.2, 0) is 10.1 Å². The number of ketones is 2. The molecule has 5 rings (SSSR count). The maximum absolute atomic E-state index is 13.4. The van der Waals surface area contributed by atoms with Crippen molar-refractivity contribution in [3.05, 3.63) is 93.3 Å². The molecule has 9 heteroatoms. The van der Waals surface area contributed by atoms with Gasteiger partial charge in [0, 0.05) is 27.8 Å². The van der Waals surface area contributed by atoms with Crippen LogP contribution in [0.3, 0.4) is 0 Å². The van der Waals surface area contributed by atoms with Crippen molar-refractivity contribution in [3.8, 4) is 11.1 Å². The second-order valence-electron chi connectivity index (χ2n) is 7.34. The number of hydrogen-bond donors (Lipinski definition) is 3. The number of aromatic amines is 1. The standard InChI is InChI=1S/C23H14N2O6S/c24-14-10-15(32(29,30)31)20-18-16(12-8-4-5-9-13(12)22(27)17(14)18)19(23(28)25-20)21(26)11-6-2-1-3-7-11/h1-10H,24H2,(H,25,28)(H,29,30,31). The molecule has 0 amide bonds. The average Bonchev–Trinajstić information content (AvgIpc) is 2.77. The molecule has 4 aromatic rings. The third-order valence-electron chi connectivity index (χ3n) is 5.50. The highest BCUT2D eigenvalue weighted by molar-refractivity contribution is 7.86. The van der Waals surface area contributed by atoms with Gasteiger partial charge in [-0.1, -0.05) is 54.6 Å². The summed E-state index contributed by atoms with van der Waals surface area (Å²) in [7, 11) is -4.81. The van der Waals surface area contributed by atoms with Gasteiger partial charge in [-0.05, 0) is 11.6 Å². The molecule has 0 fully saturated rings. The first-order valence-electron chi connectivity index (χ1n) is 9.44. The van der Waals surface area contributed by atoms with Crippen LogP contribution in [0, 0.1) is 0 Å². The summed E-state index contributed by atoms with van der Waals surface area (Å²) >= 11 is 0. The number of nitrogens with one attached hydrogen (secondary N) is 1. The Balaban J connectivity index is 2.05. The number of pyridine rings is 1. The molecule has 0 unspecified atom stereocenters. The van der Waals surface area contributed by atoms with Crippen LogP contribution < -0.4 is 11.3 Å². The van der Waals surface area contributed by atoms with Crippen LogP contribution in [0.15, 0.2) is 70.4 Å². The van der Waals surface area contributed by atoms with E-state index in [0.717, 1.165) is 6.07 Å². The largest absolute Gasteiger partial charge is 0.398 e. The number of anilines is 1. The second-order valence-corrected chi connectivity index (χ2v) is 8.73. The molecule has 0 radical (unpaired) electrons. The highest BCUT2D eigenvalue weighted by atomic mass is 32.2. The van der Waals surface area contributed by atoms with Crippen molar-refractivity contribution in [2.45, 2.75) is 4.90 Å². The molecule has 0 spiro atoms. The van der Waals surface area contributed by atoms with Crippen LogP contribution in [0.25, 0.3) is 22.0 Å². The number of fused-ring (bicyclic) bond motifs is 2. The van der Waals surface area contributed by atoms with Gasteiger partial charge < -0.3 is 10.7 Å². The molecule has 0 saturated carbocycles. The molecular formula is C23H14N2O6S. The molecule has 1 aromatic heterocycles. The molecule has 1 aliphatic rings. The molecule has 3 aromatic carbocycles. The number of carbonyl (C=O) groups is 2. The van der Waals surface area contributed by atoms with Gasteiger partial charge >= 0.3 is 0 Å².